The normalized spacial score (nSPS) is 14.7. The number of aryl methyl sites for hydroxylation is 1. The minimum Gasteiger partial charge on any atom is -0.378 e. The van der Waals surface area contributed by atoms with Crippen molar-refractivity contribution in [2.45, 2.75) is 6.92 Å². The highest BCUT2D eigenvalue weighted by Gasteiger charge is 2.18. The van der Waals surface area contributed by atoms with Gasteiger partial charge in [0.1, 0.15) is 11.3 Å². The molecule has 1 amide bonds. The maximum atomic E-state index is 12.9. The zero-order valence-corrected chi connectivity index (χ0v) is 14.1. The zero-order chi connectivity index (χ0) is 17.2. The monoisotopic (exact) mass is 336 g/mol. The third kappa shape index (κ3) is 3.08. The first-order valence-electron chi connectivity index (χ1n) is 8.41. The van der Waals surface area contributed by atoms with Crippen molar-refractivity contribution in [2.75, 3.05) is 36.5 Å². The molecule has 3 aromatic rings. The van der Waals surface area contributed by atoms with E-state index in [-0.39, 0.29) is 5.91 Å². The van der Waals surface area contributed by atoms with Crippen molar-refractivity contribution in [1.82, 2.24) is 9.97 Å². The number of ether oxygens (including phenoxy) is 1. The van der Waals surface area contributed by atoms with Crippen LogP contribution in [0, 0.1) is 6.92 Å². The summed E-state index contributed by atoms with van der Waals surface area (Å²) in [5.74, 6) is 0.641. The number of imidazole rings is 1. The number of aromatic nitrogens is 2. The van der Waals surface area contributed by atoms with Crippen molar-refractivity contribution in [3.63, 3.8) is 0 Å². The molecule has 0 aliphatic carbocycles. The molecule has 1 aliphatic rings. The molecule has 25 heavy (non-hydrogen) atoms. The van der Waals surface area contributed by atoms with Gasteiger partial charge in [0.05, 0.1) is 35.7 Å². The number of fused-ring (bicyclic) bond motifs is 1. The van der Waals surface area contributed by atoms with Gasteiger partial charge in [-0.3, -0.25) is 4.79 Å². The van der Waals surface area contributed by atoms with Crippen molar-refractivity contribution >= 4 is 28.3 Å². The van der Waals surface area contributed by atoms with Gasteiger partial charge in [0.15, 0.2) is 0 Å². The Kier molecular flexibility index (Phi) is 4.11. The standard InChI is InChI=1S/C19H20N4O2/c1-13-20-16-7-4-5-14(18(16)21-13)19(24)22-15-6-2-3-8-17(15)23-9-11-25-12-10-23/h2-8H,9-12H2,1H3,(H,20,21)(H,22,24). The Balaban J connectivity index is 1.64. The number of carbonyl (C=O) groups excluding carboxylic acids is 1. The van der Waals surface area contributed by atoms with Gasteiger partial charge in [-0.1, -0.05) is 18.2 Å². The molecule has 128 valence electrons. The van der Waals surface area contributed by atoms with E-state index in [1.54, 1.807) is 6.07 Å². The second-order valence-electron chi connectivity index (χ2n) is 6.09. The zero-order valence-electron chi connectivity index (χ0n) is 14.1. The fraction of sp³-hybridized carbons (Fsp3) is 0.263. The Labute approximate surface area is 145 Å². The average molecular weight is 336 g/mol. The highest BCUT2D eigenvalue weighted by atomic mass is 16.5. The van der Waals surface area contributed by atoms with Crippen molar-refractivity contribution in [3.05, 3.63) is 53.9 Å². The number of anilines is 2. The molecule has 1 fully saturated rings. The van der Waals surface area contributed by atoms with E-state index < -0.39 is 0 Å². The van der Waals surface area contributed by atoms with E-state index >= 15 is 0 Å². The molecular formula is C19H20N4O2. The lowest BCUT2D eigenvalue weighted by Gasteiger charge is -2.30. The average Bonchev–Trinajstić information content (AvgIpc) is 3.03. The molecule has 2 N–H and O–H groups in total. The molecule has 1 aliphatic heterocycles. The number of hydrogen-bond donors (Lipinski definition) is 2. The highest BCUT2D eigenvalue weighted by Crippen LogP contribution is 2.27. The fourth-order valence-electron chi connectivity index (χ4n) is 3.19. The molecular weight excluding hydrogens is 316 g/mol. The quantitative estimate of drug-likeness (QED) is 0.771. The van der Waals surface area contributed by atoms with Crippen molar-refractivity contribution in [1.29, 1.82) is 0 Å². The van der Waals surface area contributed by atoms with E-state index in [1.807, 2.05) is 43.3 Å². The smallest absolute Gasteiger partial charge is 0.257 e. The lowest BCUT2D eigenvalue weighted by molar-refractivity contribution is 0.102. The molecule has 1 aromatic heterocycles. The summed E-state index contributed by atoms with van der Waals surface area (Å²) in [6.07, 6.45) is 0. The molecule has 0 spiro atoms. The molecule has 0 unspecified atom stereocenters. The number of aromatic amines is 1. The third-order valence-corrected chi connectivity index (χ3v) is 4.38. The number of hydrogen-bond acceptors (Lipinski definition) is 4. The summed E-state index contributed by atoms with van der Waals surface area (Å²) >= 11 is 0. The van der Waals surface area contributed by atoms with Crippen LogP contribution in [0.15, 0.2) is 42.5 Å². The topological polar surface area (TPSA) is 70.2 Å². The number of morpholine rings is 1. The van der Waals surface area contributed by atoms with Crippen molar-refractivity contribution in [2.24, 2.45) is 0 Å². The summed E-state index contributed by atoms with van der Waals surface area (Å²) in [7, 11) is 0. The van der Waals surface area contributed by atoms with E-state index in [2.05, 4.69) is 20.2 Å². The van der Waals surface area contributed by atoms with Gasteiger partial charge < -0.3 is 19.9 Å². The molecule has 6 heteroatoms. The number of H-pyrrole nitrogens is 1. The van der Waals surface area contributed by atoms with Crippen molar-refractivity contribution < 1.29 is 9.53 Å². The summed E-state index contributed by atoms with van der Waals surface area (Å²) in [5.41, 5.74) is 3.95. The van der Waals surface area contributed by atoms with Crippen LogP contribution in [-0.2, 0) is 4.74 Å². The summed E-state index contributed by atoms with van der Waals surface area (Å²) in [6.45, 7) is 4.93. The maximum absolute atomic E-state index is 12.9. The number of nitrogens with one attached hydrogen (secondary N) is 2. The molecule has 0 saturated carbocycles. The van der Waals surface area contributed by atoms with Crippen LogP contribution >= 0.6 is 0 Å². The summed E-state index contributed by atoms with van der Waals surface area (Å²) < 4.78 is 5.42. The molecule has 2 heterocycles. The third-order valence-electron chi connectivity index (χ3n) is 4.38. The predicted molar refractivity (Wildman–Crippen MR) is 98.3 cm³/mol. The number of para-hydroxylation sites is 3. The van der Waals surface area contributed by atoms with Gasteiger partial charge in [-0.15, -0.1) is 0 Å². The van der Waals surface area contributed by atoms with Crippen LogP contribution in [0.5, 0.6) is 0 Å². The van der Waals surface area contributed by atoms with E-state index in [0.29, 0.717) is 24.3 Å². The van der Waals surface area contributed by atoms with Crippen LogP contribution in [0.3, 0.4) is 0 Å². The van der Waals surface area contributed by atoms with Crippen LogP contribution < -0.4 is 10.2 Å². The van der Waals surface area contributed by atoms with Crippen LogP contribution in [-0.4, -0.2) is 42.2 Å². The van der Waals surface area contributed by atoms with Crippen LogP contribution in [0.1, 0.15) is 16.2 Å². The number of amides is 1. The Morgan fingerprint density at radius 1 is 1.16 bits per heavy atom. The number of nitrogens with zero attached hydrogens (tertiary/aromatic N) is 2. The van der Waals surface area contributed by atoms with Crippen LogP contribution in [0.4, 0.5) is 11.4 Å². The van der Waals surface area contributed by atoms with Gasteiger partial charge in [-0.05, 0) is 31.2 Å². The lowest BCUT2D eigenvalue weighted by Crippen LogP contribution is -2.36. The first-order valence-corrected chi connectivity index (χ1v) is 8.41. The first kappa shape index (κ1) is 15.7. The Morgan fingerprint density at radius 2 is 1.96 bits per heavy atom. The lowest BCUT2D eigenvalue weighted by atomic mass is 10.1. The van der Waals surface area contributed by atoms with Crippen LogP contribution in [0.25, 0.3) is 11.0 Å². The summed E-state index contributed by atoms with van der Waals surface area (Å²) in [4.78, 5) is 22.7. The van der Waals surface area contributed by atoms with Gasteiger partial charge in [-0.25, -0.2) is 4.98 Å². The second-order valence-corrected chi connectivity index (χ2v) is 6.09. The highest BCUT2D eigenvalue weighted by molar-refractivity contribution is 6.12. The number of carbonyl (C=O) groups is 1. The minimum atomic E-state index is -0.155. The second kappa shape index (κ2) is 6.57. The molecule has 6 nitrogen and oxygen atoms in total. The van der Waals surface area contributed by atoms with Gasteiger partial charge in [0, 0.05) is 13.1 Å². The molecule has 0 bridgehead atoms. The van der Waals surface area contributed by atoms with Gasteiger partial charge in [0.25, 0.3) is 5.91 Å². The van der Waals surface area contributed by atoms with Gasteiger partial charge in [0.2, 0.25) is 0 Å². The largest absolute Gasteiger partial charge is 0.378 e. The van der Waals surface area contributed by atoms with E-state index in [9.17, 15) is 4.79 Å². The van der Waals surface area contributed by atoms with Gasteiger partial charge >= 0.3 is 0 Å². The van der Waals surface area contributed by atoms with E-state index in [0.717, 1.165) is 35.8 Å². The predicted octanol–water partition coefficient (Wildman–Crippen LogP) is 2.96. The first-order chi connectivity index (χ1) is 12.2. The minimum absolute atomic E-state index is 0.155. The van der Waals surface area contributed by atoms with E-state index in [4.69, 9.17) is 4.74 Å². The van der Waals surface area contributed by atoms with E-state index in [1.165, 1.54) is 0 Å². The van der Waals surface area contributed by atoms with Crippen LogP contribution in [0.2, 0.25) is 0 Å². The van der Waals surface area contributed by atoms with Gasteiger partial charge in [-0.2, -0.15) is 0 Å². The number of benzene rings is 2. The Bertz CT molecular complexity index is 913. The number of rotatable bonds is 3. The fourth-order valence-corrected chi connectivity index (χ4v) is 3.19. The Hall–Kier alpha value is -2.86. The molecule has 0 atom stereocenters. The summed E-state index contributed by atoms with van der Waals surface area (Å²) in [6, 6.07) is 13.5. The molecule has 1 saturated heterocycles. The Morgan fingerprint density at radius 3 is 2.80 bits per heavy atom. The molecule has 4 rings (SSSR count). The molecule has 2 aromatic carbocycles. The maximum Gasteiger partial charge on any atom is 0.257 e. The van der Waals surface area contributed by atoms with Crippen molar-refractivity contribution in [3.8, 4) is 0 Å². The molecule has 0 radical (unpaired) electrons. The summed E-state index contributed by atoms with van der Waals surface area (Å²) in [5, 5.41) is 3.05. The SMILES string of the molecule is Cc1nc2c(C(=O)Nc3ccccc3N3CCOCC3)cccc2[nH]1.